The zero-order valence-corrected chi connectivity index (χ0v) is 19.7. The van der Waals surface area contributed by atoms with Crippen molar-refractivity contribution >= 4 is 43.7 Å². The number of unbranched alkanes of at least 4 members (excludes halogenated alkanes) is 8. The van der Waals surface area contributed by atoms with Gasteiger partial charge in [0.25, 0.3) is 0 Å². The Balaban J connectivity index is -0.000000301. The number of carboxylic acids is 1. The fourth-order valence-corrected chi connectivity index (χ4v) is 2.09. The summed E-state index contributed by atoms with van der Waals surface area (Å²) in [6.07, 6.45) is 22.3. The van der Waals surface area contributed by atoms with Crippen LogP contribution >= 0.6 is 0 Å². The van der Waals surface area contributed by atoms with Gasteiger partial charge >= 0.3 is 43.7 Å². The number of carboxylic acid groups (broad SMARTS) is 1. The van der Waals surface area contributed by atoms with E-state index in [2.05, 4.69) is 31.2 Å². The first-order chi connectivity index (χ1) is 9.77. The van der Waals surface area contributed by atoms with Crippen LogP contribution in [0.1, 0.15) is 86.8 Å². The van der Waals surface area contributed by atoms with Gasteiger partial charge in [-0.1, -0.05) is 63.3 Å². The van der Waals surface area contributed by atoms with Crippen molar-refractivity contribution in [1.29, 1.82) is 0 Å². The van der Waals surface area contributed by atoms with Crippen molar-refractivity contribution in [3.05, 3.63) is 24.3 Å². The molecular weight excluding hydrogens is 354 g/mol. The molecule has 2 nitrogen and oxygen atoms in total. The van der Waals surface area contributed by atoms with Gasteiger partial charge in [0.2, 0.25) is 0 Å². The van der Waals surface area contributed by atoms with Gasteiger partial charge in [-0.2, -0.15) is 0 Å². The molecule has 0 bridgehead atoms. The van der Waals surface area contributed by atoms with E-state index in [1.54, 1.807) is 0 Å². The molecule has 0 saturated heterocycles. The Morgan fingerprint density at radius 3 is 1.91 bits per heavy atom. The van der Waals surface area contributed by atoms with Crippen LogP contribution in [0.2, 0.25) is 0 Å². The quantitative estimate of drug-likeness (QED) is 0.235. The SMILES string of the molecule is CCCCC/C=C\C/C=C\CCCCCCCC(=O)O.[Ca+2].[H-].[H-].[Zn]. The fraction of sp³-hybridized carbons (Fsp3) is 0.722. The Kier molecular flexibility index (Phi) is 30.3. The summed E-state index contributed by atoms with van der Waals surface area (Å²) < 4.78 is 0. The number of rotatable bonds is 14. The summed E-state index contributed by atoms with van der Waals surface area (Å²) >= 11 is 0. The van der Waals surface area contributed by atoms with Gasteiger partial charge in [-0.3, -0.25) is 4.79 Å². The molecular formula is C18H34CaO2Zn. The van der Waals surface area contributed by atoms with Gasteiger partial charge in [0.05, 0.1) is 0 Å². The van der Waals surface area contributed by atoms with Crippen molar-refractivity contribution in [3.63, 3.8) is 0 Å². The van der Waals surface area contributed by atoms with Crippen LogP contribution in [0.15, 0.2) is 24.3 Å². The van der Waals surface area contributed by atoms with Gasteiger partial charge < -0.3 is 7.96 Å². The fourth-order valence-electron chi connectivity index (χ4n) is 2.09. The van der Waals surface area contributed by atoms with E-state index >= 15 is 0 Å². The molecule has 0 saturated carbocycles. The molecule has 0 aromatic carbocycles. The molecule has 0 unspecified atom stereocenters. The van der Waals surface area contributed by atoms with Gasteiger partial charge in [0.15, 0.2) is 0 Å². The van der Waals surface area contributed by atoms with Crippen LogP contribution in [-0.4, -0.2) is 48.8 Å². The third-order valence-electron chi connectivity index (χ3n) is 3.34. The number of aliphatic carboxylic acids is 1. The second kappa shape index (κ2) is 24.1. The van der Waals surface area contributed by atoms with Crippen molar-refractivity contribution in [2.75, 3.05) is 0 Å². The average Bonchev–Trinajstić information content (AvgIpc) is 2.43. The van der Waals surface area contributed by atoms with Crippen LogP contribution in [0.25, 0.3) is 0 Å². The molecule has 0 aliphatic rings. The first kappa shape index (κ1) is 27.7. The molecule has 4 heteroatoms. The van der Waals surface area contributed by atoms with E-state index in [-0.39, 0.29) is 60.1 Å². The number of carbonyl (C=O) groups is 1. The Hall–Kier alpha value is 0.833. The minimum Gasteiger partial charge on any atom is -1.00 e. The van der Waals surface area contributed by atoms with Gasteiger partial charge in [0.1, 0.15) is 0 Å². The standard InChI is InChI=1S/C18H32O2.Ca.Zn.2H/c1-2-3-4-5-6-7-8-9-10-11-12-13-14-15-16-17-18(19)20;;;;/h6-7,9-10H,2-5,8,11-17H2,1H3,(H,19,20);;;;/q;+2;;2*-1/b7-6-,10-9-;;;;. The molecule has 0 amide bonds. The van der Waals surface area contributed by atoms with E-state index in [9.17, 15) is 4.79 Å². The molecule has 0 aromatic heterocycles. The largest absolute Gasteiger partial charge is 2.00 e. The molecule has 0 aliphatic heterocycles. The molecule has 0 spiro atoms. The molecule has 1 N–H and O–H groups in total. The molecule has 0 fully saturated rings. The second-order valence-corrected chi connectivity index (χ2v) is 5.37. The van der Waals surface area contributed by atoms with Crippen LogP contribution in [0, 0.1) is 0 Å². The Bertz CT molecular complexity index is 288. The summed E-state index contributed by atoms with van der Waals surface area (Å²) in [4.78, 5) is 10.3. The number of hydrogen-bond donors (Lipinski definition) is 1. The zero-order valence-electron chi connectivity index (χ0n) is 16.6. The monoisotopic (exact) mass is 386 g/mol. The predicted molar refractivity (Wildman–Crippen MR) is 95.0 cm³/mol. The van der Waals surface area contributed by atoms with E-state index in [0.717, 1.165) is 25.7 Å². The van der Waals surface area contributed by atoms with E-state index in [0.29, 0.717) is 6.42 Å². The van der Waals surface area contributed by atoms with Crippen LogP contribution in [0.3, 0.4) is 0 Å². The number of hydrogen-bond acceptors (Lipinski definition) is 1. The molecule has 122 valence electrons. The van der Waals surface area contributed by atoms with Crippen molar-refractivity contribution in [1.82, 2.24) is 0 Å². The summed E-state index contributed by atoms with van der Waals surface area (Å²) in [5.74, 6) is -0.671. The van der Waals surface area contributed by atoms with Gasteiger partial charge in [0, 0.05) is 25.9 Å². The third-order valence-corrected chi connectivity index (χ3v) is 3.34. The van der Waals surface area contributed by atoms with Crippen LogP contribution in [0.4, 0.5) is 0 Å². The van der Waals surface area contributed by atoms with Crippen LogP contribution < -0.4 is 0 Å². The van der Waals surface area contributed by atoms with Gasteiger partial charge in [-0.15, -0.1) is 0 Å². The average molecular weight is 388 g/mol. The summed E-state index contributed by atoms with van der Waals surface area (Å²) in [6, 6.07) is 0. The van der Waals surface area contributed by atoms with Gasteiger partial charge in [-0.05, 0) is 38.5 Å². The van der Waals surface area contributed by atoms with Crippen molar-refractivity contribution in [2.24, 2.45) is 0 Å². The summed E-state index contributed by atoms with van der Waals surface area (Å²) in [5, 5.41) is 8.50. The maximum atomic E-state index is 10.3. The summed E-state index contributed by atoms with van der Waals surface area (Å²) in [7, 11) is 0. The summed E-state index contributed by atoms with van der Waals surface area (Å²) in [5.41, 5.74) is 0. The first-order valence-corrected chi connectivity index (χ1v) is 8.29. The Morgan fingerprint density at radius 2 is 1.36 bits per heavy atom. The molecule has 0 atom stereocenters. The predicted octanol–water partition coefficient (Wildman–Crippen LogP) is 5.73. The van der Waals surface area contributed by atoms with Crippen LogP contribution in [0.5, 0.6) is 0 Å². The van der Waals surface area contributed by atoms with E-state index < -0.39 is 5.97 Å². The minimum absolute atomic E-state index is 0. The molecule has 22 heavy (non-hydrogen) atoms. The zero-order chi connectivity index (χ0) is 14.9. The Morgan fingerprint density at radius 1 is 0.864 bits per heavy atom. The third kappa shape index (κ3) is 25.8. The first-order valence-electron chi connectivity index (χ1n) is 8.29. The van der Waals surface area contributed by atoms with Crippen LogP contribution in [-0.2, 0) is 24.3 Å². The smallest absolute Gasteiger partial charge is 1.00 e. The minimum atomic E-state index is -0.671. The molecule has 0 radical (unpaired) electrons. The number of allylic oxidation sites excluding steroid dienone is 4. The molecule has 0 heterocycles. The van der Waals surface area contributed by atoms with E-state index in [1.165, 1.54) is 44.9 Å². The maximum Gasteiger partial charge on any atom is 2.00 e. The van der Waals surface area contributed by atoms with E-state index in [1.807, 2.05) is 0 Å². The molecule has 0 rings (SSSR count). The van der Waals surface area contributed by atoms with Crippen molar-refractivity contribution < 1.29 is 32.2 Å². The van der Waals surface area contributed by atoms with Crippen molar-refractivity contribution in [3.8, 4) is 0 Å². The Labute approximate surface area is 182 Å². The topological polar surface area (TPSA) is 37.3 Å². The van der Waals surface area contributed by atoms with Crippen molar-refractivity contribution in [2.45, 2.75) is 84.0 Å². The normalized spacial score (nSPS) is 10.6. The maximum absolute atomic E-state index is 10.3. The van der Waals surface area contributed by atoms with E-state index in [4.69, 9.17) is 5.11 Å². The summed E-state index contributed by atoms with van der Waals surface area (Å²) in [6.45, 7) is 2.23. The second-order valence-electron chi connectivity index (χ2n) is 5.37. The van der Waals surface area contributed by atoms with Gasteiger partial charge in [-0.25, -0.2) is 0 Å². The molecule has 0 aromatic rings. The molecule has 0 aliphatic carbocycles.